The summed E-state index contributed by atoms with van der Waals surface area (Å²) in [6.07, 6.45) is 5.24. The minimum atomic E-state index is -0.454. The minimum absolute atomic E-state index is 0.0770. The molecule has 0 amide bonds. The van der Waals surface area contributed by atoms with Crippen LogP contribution >= 0.6 is 11.3 Å². The first-order valence-corrected chi connectivity index (χ1v) is 9.49. The van der Waals surface area contributed by atoms with E-state index in [-0.39, 0.29) is 18.0 Å². The van der Waals surface area contributed by atoms with E-state index in [1.807, 2.05) is 0 Å². The normalized spacial score (nSPS) is 15.6. The van der Waals surface area contributed by atoms with E-state index >= 15 is 0 Å². The summed E-state index contributed by atoms with van der Waals surface area (Å²) < 4.78 is 31.4. The lowest BCUT2D eigenvalue weighted by atomic mass is 9.98. The third-order valence-electron chi connectivity index (χ3n) is 4.28. The van der Waals surface area contributed by atoms with Crippen LogP contribution in [0.25, 0.3) is 10.1 Å². The molecule has 1 saturated carbocycles. The van der Waals surface area contributed by atoms with Crippen LogP contribution in [0.4, 0.5) is 4.39 Å². The van der Waals surface area contributed by atoms with Gasteiger partial charge in [0.15, 0.2) is 22.2 Å². The minimum Gasteiger partial charge on any atom is -0.494 e. The van der Waals surface area contributed by atoms with Crippen molar-refractivity contribution in [2.24, 2.45) is 0 Å². The summed E-state index contributed by atoms with van der Waals surface area (Å²) in [6.45, 7) is 3.60. The molecule has 6 heteroatoms. The van der Waals surface area contributed by atoms with Crippen LogP contribution in [0.1, 0.15) is 55.6 Å². The third-order valence-corrected chi connectivity index (χ3v) is 5.40. The molecule has 25 heavy (non-hydrogen) atoms. The van der Waals surface area contributed by atoms with E-state index in [0.717, 1.165) is 25.7 Å². The lowest BCUT2D eigenvalue weighted by Gasteiger charge is -2.23. The van der Waals surface area contributed by atoms with Crippen LogP contribution in [-0.4, -0.2) is 25.3 Å². The number of benzene rings is 1. The van der Waals surface area contributed by atoms with Gasteiger partial charge >= 0.3 is 5.97 Å². The largest absolute Gasteiger partial charge is 0.494 e. The van der Waals surface area contributed by atoms with Gasteiger partial charge < -0.3 is 14.2 Å². The van der Waals surface area contributed by atoms with E-state index in [4.69, 9.17) is 14.2 Å². The summed E-state index contributed by atoms with van der Waals surface area (Å²) in [4.78, 5) is 12.9. The van der Waals surface area contributed by atoms with Crippen LogP contribution in [0.3, 0.4) is 0 Å². The molecule has 0 unspecified atom stereocenters. The zero-order valence-corrected chi connectivity index (χ0v) is 15.6. The van der Waals surface area contributed by atoms with E-state index in [2.05, 4.69) is 0 Å². The topological polar surface area (TPSA) is 44.8 Å². The lowest BCUT2D eigenvalue weighted by Crippen LogP contribution is -2.21. The summed E-state index contributed by atoms with van der Waals surface area (Å²) in [6, 6.07) is 2.99. The van der Waals surface area contributed by atoms with Crippen molar-refractivity contribution < 1.29 is 23.4 Å². The highest BCUT2D eigenvalue weighted by Crippen LogP contribution is 2.42. The Bertz CT molecular complexity index is 762. The number of hydrogen-bond donors (Lipinski definition) is 0. The van der Waals surface area contributed by atoms with Crippen molar-refractivity contribution in [1.29, 1.82) is 0 Å². The van der Waals surface area contributed by atoms with E-state index in [1.165, 1.54) is 30.9 Å². The van der Waals surface area contributed by atoms with Gasteiger partial charge in [-0.2, -0.15) is 0 Å². The molecule has 0 atom stereocenters. The molecule has 0 radical (unpaired) electrons. The number of esters is 1. The molecular weight excluding hydrogens is 343 g/mol. The molecule has 1 heterocycles. The maximum atomic E-state index is 14.1. The Morgan fingerprint density at radius 2 is 1.96 bits per heavy atom. The molecular formula is C19H23FO4S. The second kappa shape index (κ2) is 7.60. The number of methoxy groups -OCH3 is 1. The van der Waals surface area contributed by atoms with Gasteiger partial charge in [0.2, 0.25) is 0 Å². The first-order chi connectivity index (χ1) is 12.0. The SMILES string of the molecule is COc1cc2c(OC3CCCCC3)c(C(=O)OC(C)C)sc2cc1F. The Labute approximate surface area is 150 Å². The predicted molar refractivity (Wildman–Crippen MR) is 96.4 cm³/mol. The summed E-state index contributed by atoms with van der Waals surface area (Å²) in [7, 11) is 1.42. The van der Waals surface area contributed by atoms with Gasteiger partial charge in [0.05, 0.1) is 19.3 Å². The zero-order valence-electron chi connectivity index (χ0n) is 14.8. The molecule has 4 nitrogen and oxygen atoms in total. The molecule has 0 spiro atoms. The highest BCUT2D eigenvalue weighted by Gasteiger charge is 2.26. The molecule has 0 N–H and O–H groups in total. The molecule has 0 aliphatic heterocycles. The van der Waals surface area contributed by atoms with Crippen molar-refractivity contribution in [3.05, 3.63) is 22.8 Å². The number of halogens is 1. The molecule has 3 rings (SSSR count). The van der Waals surface area contributed by atoms with E-state index in [9.17, 15) is 9.18 Å². The van der Waals surface area contributed by atoms with Crippen molar-refractivity contribution in [3.63, 3.8) is 0 Å². The zero-order chi connectivity index (χ0) is 18.0. The van der Waals surface area contributed by atoms with Gasteiger partial charge in [-0.1, -0.05) is 6.42 Å². The van der Waals surface area contributed by atoms with Crippen LogP contribution in [0, 0.1) is 5.82 Å². The van der Waals surface area contributed by atoms with Gasteiger partial charge in [-0.15, -0.1) is 11.3 Å². The molecule has 0 bridgehead atoms. The monoisotopic (exact) mass is 366 g/mol. The van der Waals surface area contributed by atoms with Crippen molar-refractivity contribution >= 4 is 27.4 Å². The maximum absolute atomic E-state index is 14.1. The Morgan fingerprint density at radius 3 is 2.60 bits per heavy atom. The number of fused-ring (bicyclic) bond motifs is 1. The van der Waals surface area contributed by atoms with Crippen molar-refractivity contribution in [2.45, 2.75) is 58.2 Å². The van der Waals surface area contributed by atoms with Gasteiger partial charge in [-0.25, -0.2) is 9.18 Å². The quantitative estimate of drug-likeness (QED) is 0.671. The standard InChI is InChI=1S/C19H23FO4S/c1-11(2)23-19(21)18-17(24-12-7-5-4-6-8-12)13-9-15(22-3)14(20)10-16(13)25-18/h9-12H,4-8H2,1-3H3. The van der Waals surface area contributed by atoms with Gasteiger partial charge in [0.25, 0.3) is 0 Å². The van der Waals surface area contributed by atoms with E-state index in [0.29, 0.717) is 20.7 Å². The Hall–Kier alpha value is -1.82. The molecule has 136 valence electrons. The first kappa shape index (κ1) is 18.0. The highest BCUT2D eigenvalue weighted by molar-refractivity contribution is 7.21. The Balaban J connectivity index is 2.05. The summed E-state index contributed by atoms with van der Waals surface area (Å²) in [5.74, 6) is -0.246. The fourth-order valence-corrected chi connectivity index (χ4v) is 4.13. The highest BCUT2D eigenvalue weighted by atomic mass is 32.1. The van der Waals surface area contributed by atoms with Crippen LogP contribution in [-0.2, 0) is 4.74 Å². The molecule has 1 aliphatic carbocycles. The number of carbonyl (C=O) groups is 1. The predicted octanol–water partition coefficient (Wildman–Crippen LogP) is 5.33. The van der Waals surface area contributed by atoms with E-state index in [1.54, 1.807) is 19.9 Å². The fourth-order valence-electron chi connectivity index (χ4n) is 3.10. The molecule has 2 aromatic rings. The van der Waals surface area contributed by atoms with Crippen LogP contribution in [0.15, 0.2) is 12.1 Å². The molecule has 1 aromatic heterocycles. The van der Waals surface area contributed by atoms with Gasteiger partial charge in [-0.05, 0) is 51.7 Å². The molecule has 1 fully saturated rings. The third kappa shape index (κ3) is 3.89. The maximum Gasteiger partial charge on any atom is 0.352 e. The van der Waals surface area contributed by atoms with Crippen LogP contribution in [0.2, 0.25) is 0 Å². The average molecular weight is 366 g/mol. The summed E-state index contributed by atoms with van der Waals surface area (Å²) >= 11 is 1.20. The number of thiophene rings is 1. The lowest BCUT2D eigenvalue weighted by molar-refractivity contribution is 0.0376. The Morgan fingerprint density at radius 1 is 1.24 bits per heavy atom. The number of ether oxygens (including phenoxy) is 3. The Kier molecular flexibility index (Phi) is 5.47. The average Bonchev–Trinajstić information content (AvgIpc) is 2.92. The number of hydrogen-bond acceptors (Lipinski definition) is 5. The van der Waals surface area contributed by atoms with Crippen molar-refractivity contribution in [3.8, 4) is 11.5 Å². The summed E-state index contributed by atoms with van der Waals surface area (Å²) in [5, 5.41) is 0.699. The smallest absolute Gasteiger partial charge is 0.352 e. The fraction of sp³-hybridized carbons (Fsp3) is 0.526. The van der Waals surface area contributed by atoms with Crippen LogP contribution < -0.4 is 9.47 Å². The second-order valence-electron chi connectivity index (χ2n) is 6.58. The first-order valence-electron chi connectivity index (χ1n) is 8.67. The second-order valence-corrected chi connectivity index (χ2v) is 7.63. The summed E-state index contributed by atoms with van der Waals surface area (Å²) in [5.41, 5.74) is 0. The van der Waals surface area contributed by atoms with Crippen molar-refractivity contribution in [2.75, 3.05) is 7.11 Å². The number of carbonyl (C=O) groups excluding carboxylic acids is 1. The van der Waals surface area contributed by atoms with Gasteiger partial charge in [0.1, 0.15) is 0 Å². The molecule has 1 aromatic carbocycles. The van der Waals surface area contributed by atoms with Gasteiger partial charge in [-0.3, -0.25) is 0 Å². The van der Waals surface area contributed by atoms with Crippen LogP contribution in [0.5, 0.6) is 11.5 Å². The molecule has 0 saturated heterocycles. The van der Waals surface area contributed by atoms with Gasteiger partial charge in [0, 0.05) is 10.1 Å². The van der Waals surface area contributed by atoms with E-state index < -0.39 is 11.8 Å². The number of rotatable bonds is 5. The molecule has 1 aliphatic rings. The van der Waals surface area contributed by atoms with Crippen molar-refractivity contribution in [1.82, 2.24) is 0 Å².